The van der Waals surface area contributed by atoms with E-state index in [4.69, 9.17) is 10.2 Å². The summed E-state index contributed by atoms with van der Waals surface area (Å²) >= 11 is 0. The zero-order valence-electron chi connectivity index (χ0n) is 21.1. The van der Waals surface area contributed by atoms with Crippen molar-refractivity contribution in [2.45, 2.75) is 135 Å². The Balaban J connectivity index is 4.03. The summed E-state index contributed by atoms with van der Waals surface area (Å²) in [5.41, 5.74) is 0. The Bertz CT molecular complexity index is 579. The molecule has 0 heterocycles. The van der Waals surface area contributed by atoms with Crippen LogP contribution in [0.2, 0.25) is 0 Å². The van der Waals surface area contributed by atoms with Crippen LogP contribution < -0.4 is 0 Å². The van der Waals surface area contributed by atoms with Gasteiger partial charge in [-0.05, 0) is 6.42 Å². The lowest BCUT2D eigenvalue weighted by Crippen LogP contribution is -2.46. The number of hydrogen-bond donors (Lipinski definition) is 3. The first kappa shape index (κ1) is 31.9. The second kappa shape index (κ2) is 21.4. The molecular weight excluding hydrogens is 438 g/mol. The lowest BCUT2D eigenvalue weighted by molar-refractivity contribution is -0.155. The van der Waals surface area contributed by atoms with E-state index in [1.165, 1.54) is 70.6 Å². The second-order valence-electron chi connectivity index (χ2n) is 9.24. The summed E-state index contributed by atoms with van der Waals surface area (Å²) in [4.78, 5) is 46.7. The van der Waals surface area contributed by atoms with Crippen molar-refractivity contribution >= 4 is 23.8 Å². The highest BCUT2D eigenvalue weighted by Gasteiger charge is 2.31. The molecule has 0 saturated heterocycles. The average molecular weight is 486 g/mol. The smallest absolute Gasteiger partial charge is 0.327 e. The van der Waals surface area contributed by atoms with Gasteiger partial charge in [-0.2, -0.15) is 0 Å². The lowest BCUT2D eigenvalue weighted by atomic mass is 10.0. The zero-order valence-corrected chi connectivity index (χ0v) is 21.1. The van der Waals surface area contributed by atoms with Crippen LogP contribution in [0.25, 0.3) is 0 Å². The molecule has 0 aliphatic carbocycles. The number of carboxylic acid groups (broad SMARTS) is 3. The van der Waals surface area contributed by atoms with Gasteiger partial charge < -0.3 is 20.2 Å². The highest BCUT2D eigenvalue weighted by Crippen LogP contribution is 2.15. The maximum atomic E-state index is 12.4. The van der Waals surface area contributed by atoms with Crippen LogP contribution in [-0.2, 0) is 19.2 Å². The molecule has 0 bridgehead atoms. The number of unbranched alkanes of at least 4 members (excludes halogenated alkanes) is 15. The van der Waals surface area contributed by atoms with Crippen LogP contribution in [0.3, 0.4) is 0 Å². The number of rotatable bonds is 24. The van der Waals surface area contributed by atoms with Gasteiger partial charge in [0.1, 0.15) is 6.04 Å². The van der Waals surface area contributed by atoms with E-state index in [1.54, 1.807) is 0 Å². The van der Waals surface area contributed by atoms with Gasteiger partial charge in [-0.3, -0.25) is 14.4 Å². The van der Waals surface area contributed by atoms with Crippen molar-refractivity contribution in [1.29, 1.82) is 0 Å². The van der Waals surface area contributed by atoms with Crippen LogP contribution in [0.5, 0.6) is 0 Å². The minimum Gasteiger partial charge on any atom is -0.481 e. The molecule has 8 heteroatoms. The number of nitrogens with zero attached hydrogens (tertiary/aromatic N) is 1. The van der Waals surface area contributed by atoms with Crippen LogP contribution in [0.15, 0.2) is 0 Å². The van der Waals surface area contributed by atoms with Crippen LogP contribution in [0, 0.1) is 0 Å². The summed E-state index contributed by atoms with van der Waals surface area (Å²) in [5, 5.41) is 27.2. The van der Waals surface area contributed by atoms with Crippen molar-refractivity contribution in [3.8, 4) is 0 Å². The van der Waals surface area contributed by atoms with Gasteiger partial charge in [0.15, 0.2) is 0 Å². The standard InChI is InChI=1S/C26H47NO7/c1-2-3-4-5-6-7-8-9-10-11-12-13-14-15-16-17-20-27(23(28)18-19-24(29)30)22(26(33)34)21-25(31)32/h22H,2-21H2,1H3,(H,29,30)(H,31,32)(H,33,34)/t22-/m0/s1. The van der Waals surface area contributed by atoms with Gasteiger partial charge in [-0.25, -0.2) is 4.79 Å². The first-order chi connectivity index (χ1) is 16.3. The summed E-state index contributed by atoms with van der Waals surface area (Å²) in [6, 6.07) is -1.48. The Morgan fingerprint density at radius 1 is 0.588 bits per heavy atom. The predicted octanol–water partition coefficient (Wildman–Crippen LogP) is 5.87. The third kappa shape index (κ3) is 18.3. The van der Waals surface area contributed by atoms with Crippen molar-refractivity contribution in [2.75, 3.05) is 6.54 Å². The van der Waals surface area contributed by atoms with Gasteiger partial charge in [0.05, 0.1) is 12.8 Å². The van der Waals surface area contributed by atoms with Crippen LogP contribution in [0.1, 0.15) is 129 Å². The highest BCUT2D eigenvalue weighted by atomic mass is 16.4. The molecule has 3 N–H and O–H groups in total. The monoisotopic (exact) mass is 485 g/mol. The molecule has 0 aliphatic heterocycles. The molecule has 0 aliphatic rings. The molecule has 0 aromatic rings. The van der Waals surface area contributed by atoms with E-state index in [0.717, 1.165) is 30.6 Å². The average Bonchev–Trinajstić information content (AvgIpc) is 2.78. The molecule has 1 atom stereocenters. The Morgan fingerprint density at radius 3 is 1.35 bits per heavy atom. The molecule has 198 valence electrons. The quantitative estimate of drug-likeness (QED) is 0.146. The molecule has 0 unspecified atom stereocenters. The number of amides is 1. The molecule has 0 aromatic carbocycles. The van der Waals surface area contributed by atoms with E-state index in [0.29, 0.717) is 6.42 Å². The Kier molecular flexibility index (Phi) is 20.1. The molecule has 34 heavy (non-hydrogen) atoms. The fourth-order valence-corrected chi connectivity index (χ4v) is 4.14. The SMILES string of the molecule is CCCCCCCCCCCCCCCCCCN(C(=O)CCC(=O)O)[C@@H](CC(=O)O)C(=O)O. The first-order valence-electron chi connectivity index (χ1n) is 13.3. The fraction of sp³-hybridized carbons (Fsp3) is 0.846. The normalized spacial score (nSPS) is 11.8. The van der Waals surface area contributed by atoms with Crippen molar-refractivity contribution in [2.24, 2.45) is 0 Å². The maximum Gasteiger partial charge on any atom is 0.327 e. The number of aliphatic carboxylic acids is 3. The van der Waals surface area contributed by atoms with Gasteiger partial charge >= 0.3 is 17.9 Å². The van der Waals surface area contributed by atoms with Gasteiger partial charge in [0.2, 0.25) is 5.91 Å². The Labute approximate surface area is 205 Å². The van der Waals surface area contributed by atoms with E-state index in [1.807, 2.05) is 0 Å². The summed E-state index contributed by atoms with van der Waals surface area (Å²) in [5.74, 6) is -4.48. The maximum absolute atomic E-state index is 12.4. The Morgan fingerprint density at radius 2 is 1.00 bits per heavy atom. The van der Waals surface area contributed by atoms with Crippen molar-refractivity contribution < 1.29 is 34.5 Å². The molecular formula is C26H47NO7. The molecule has 1 amide bonds. The van der Waals surface area contributed by atoms with Gasteiger partial charge in [-0.15, -0.1) is 0 Å². The highest BCUT2D eigenvalue weighted by molar-refractivity contribution is 5.88. The minimum atomic E-state index is -1.48. The predicted molar refractivity (Wildman–Crippen MR) is 132 cm³/mol. The van der Waals surface area contributed by atoms with Crippen molar-refractivity contribution in [3.05, 3.63) is 0 Å². The topological polar surface area (TPSA) is 132 Å². The molecule has 0 rings (SSSR count). The third-order valence-electron chi connectivity index (χ3n) is 6.15. The van der Waals surface area contributed by atoms with Crippen LogP contribution in [0.4, 0.5) is 0 Å². The molecule has 0 aromatic heterocycles. The summed E-state index contributed by atoms with van der Waals surface area (Å²) in [7, 11) is 0. The first-order valence-corrected chi connectivity index (χ1v) is 13.3. The summed E-state index contributed by atoms with van der Waals surface area (Å²) < 4.78 is 0. The van der Waals surface area contributed by atoms with E-state index < -0.39 is 42.7 Å². The van der Waals surface area contributed by atoms with E-state index in [-0.39, 0.29) is 13.0 Å². The number of carbonyl (C=O) groups excluding carboxylic acids is 1. The summed E-state index contributed by atoms with van der Waals surface area (Å²) in [6.45, 7) is 2.37. The van der Waals surface area contributed by atoms with Gasteiger partial charge in [0.25, 0.3) is 0 Å². The number of carboxylic acids is 3. The third-order valence-corrected chi connectivity index (χ3v) is 6.15. The number of hydrogen-bond acceptors (Lipinski definition) is 4. The minimum absolute atomic E-state index is 0.126. The number of carbonyl (C=O) groups is 4. The van der Waals surface area contributed by atoms with E-state index >= 15 is 0 Å². The zero-order chi connectivity index (χ0) is 25.6. The molecule has 0 fully saturated rings. The molecule has 0 spiro atoms. The van der Waals surface area contributed by atoms with Crippen LogP contribution in [-0.4, -0.2) is 56.6 Å². The second-order valence-corrected chi connectivity index (χ2v) is 9.24. The van der Waals surface area contributed by atoms with Gasteiger partial charge in [0, 0.05) is 13.0 Å². The van der Waals surface area contributed by atoms with Gasteiger partial charge in [-0.1, -0.05) is 103 Å². The van der Waals surface area contributed by atoms with E-state index in [9.17, 15) is 24.3 Å². The molecule has 8 nitrogen and oxygen atoms in total. The van der Waals surface area contributed by atoms with Crippen LogP contribution >= 0.6 is 0 Å². The lowest BCUT2D eigenvalue weighted by Gasteiger charge is -2.28. The molecule has 0 saturated carbocycles. The Hall–Kier alpha value is -2.12. The van der Waals surface area contributed by atoms with Crippen molar-refractivity contribution in [1.82, 2.24) is 4.90 Å². The molecule has 0 radical (unpaired) electrons. The fourth-order valence-electron chi connectivity index (χ4n) is 4.14. The van der Waals surface area contributed by atoms with E-state index in [2.05, 4.69) is 6.92 Å². The largest absolute Gasteiger partial charge is 0.481 e. The van der Waals surface area contributed by atoms with Crippen molar-refractivity contribution in [3.63, 3.8) is 0 Å². The summed E-state index contributed by atoms with van der Waals surface area (Å²) in [6.07, 6.45) is 17.7.